The fraction of sp³-hybridized carbons (Fsp3) is 0.154. The number of carboxylic acid groups (broad SMARTS) is 1. The molecule has 1 aromatic carbocycles. The summed E-state index contributed by atoms with van der Waals surface area (Å²) in [6, 6.07) is 5.49. The van der Waals surface area contributed by atoms with Crippen LogP contribution in [0.2, 0.25) is 0 Å². The van der Waals surface area contributed by atoms with Gasteiger partial charge in [0.05, 0.1) is 0 Å². The zero-order valence-corrected chi connectivity index (χ0v) is 10.2. The molecule has 0 saturated heterocycles. The van der Waals surface area contributed by atoms with E-state index in [1.165, 1.54) is 12.5 Å². The molecule has 0 aliphatic rings. The molecule has 1 N–H and O–H groups in total. The topological polar surface area (TPSA) is 85.5 Å². The highest BCUT2D eigenvalue weighted by atomic mass is 16.5. The second-order valence-corrected chi connectivity index (χ2v) is 3.80. The summed E-state index contributed by atoms with van der Waals surface area (Å²) >= 11 is 0. The first-order valence-electron chi connectivity index (χ1n) is 5.55. The van der Waals surface area contributed by atoms with Gasteiger partial charge in [-0.2, -0.15) is 4.98 Å². The summed E-state index contributed by atoms with van der Waals surface area (Å²) in [6.45, 7) is 2.04. The van der Waals surface area contributed by atoms with Gasteiger partial charge >= 0.3 is 5.97 Å². The van der Waals surface area contributed by atoms with Gasteiger partial charge in [0.1, 0.15) is 5.75 Å². The number of ether oxygens (including phenoxy) is 1. The van der Waals surface area contributed by atoms with Crippen LogP contribution in [-0.2, 0) is 11.4 Å². The van der Waals surface area contributed by atoms with Crippen LogP contribution in [0.1, 0.15) is 17.0 Å². The van der Waals surface area contributed by atoms with Crippen molar-refractivity contribution in [2.45, 2.75) is 13.5 Å². The third-order valence-electron chi connectivity index (χ3n) is 2.40. The summed E-state index contributed by atoms with van der Waals surface area (Å²) in [6.07, 6.45) is 3.78. The molecule has 0 amide bonds. The molecule has 2 aromatic rings. The quantitative estimate of drug-likeness (QED) is 0.828. The van der Waals surface area contributed by atoms with E-state index < -0.39 is 5.97 Å². The minimum atomic E-state index is -1.01. The highest BCUT2D eigenvalue weighted by molar-refractivity contribution is 5.86. The maximum Gasteiger partial charge on any atom is 0.328 e. The van der Waals surface area contributed by atoms with Crippen LogP contribution in [0.3, 0.4) is 0 Å². The first-order chi connectivity index (χ1) is 9.16. The van der Waals surface area contributed by atoms with E-state index in [2.05, 4.69) is 14.7 Å². The molecular weight excluding hydrogens is 248 g/mol. The first kappa shape index (κ1) is 12.8. The van der Waals surface area contributed by atoms with Gasteiger partial charge in [-0.1, -0.05) is 23.4 Å². The molecule has 2 rings (SSSR count). The van der Waals surface area contributed by atoms with Gasteiger partial charge in [-0.3, -0.25) is 0 Å². The SMILES string of the molecule is Cc1cccc(/C=C/C(=O)O)c1OCc1ncon1. The van der Waals surface area contributed by atoms with Gasteiger partial charge in [0, 0.05) is 11.6 Å². The number of rotatable bonds is 5. The van der Waals surface area contributed by atoms with Crippen molar-refractivity contribution in [1.82, 2.24) is 10.1 Å². The largest absolute Gasteiger partial charge is 0.485 e. The number of hydrogen-bond acceptors (Lipinski definition) is 5. The molecule has 6 nitrogen and oxygen atoms in total. The standard InChI is InChI=1S/C13H12N2O4/c1-9-3-2-4-10(5-6-12(16)17)13(9)18-7-11-14-8-19-15-11/h2-6,8H,7H2,1H3,(H,16,17)/b6-5+. The Labute approximate surface area is 109 Å². The van der Waals surface area contributed by atoms with Crippen molar-refractivity contribution in [2.24, 2.45) is 0 Å². The fourth-order valence-corrected chi connectivity index (χ4v) is 1.56. The number of aryl methyl sites for hydroxylation is 1. The van der Waals surface area contributed by atoms with Crippen LogP contribution in [0.15, 0.2) is 35.2 Å². The van der Waals surface area contributed by atoms with Crippen LogP contribution in [-0.4, -0.2) is 21.2 Å². The minimum Gasteiger partial charge on any atom is -0.485 e. The van der Waals surface area contributed by atoms with Crippen LogP contribution in [0.4, 0.5) is 0 Å². The maximum absolute atomic E-state index is 10.6. The molecule has 0 saturated carbocycles. The predicted octanol–water partition coefficient (Wildman–Crippen LogP) is 2.05. The highest BCUT2D eigenvalue weighted by Gasteiger charge is 2.07. The van der Waals surface area contributed by atoms with Crippen molar-refractivity contribution in [3.05, 3.63) is 47.6 Å². The number of benzene rings is 1. The number of aromatic nitrogens is 2. The van der Waals surface area contributed by atoms with E-state index in [9.17, 15) is 4.79 Å². The molecule has 0 spiro atoms. The Balaban J connectivity index is 2.20. The molecule has 6 heteroatoms. The van der Waals surface area contributed by atoms with Crippen LogP contribution in [0.5, 0.6) is 5.75 Å². The monoisotopic (exact) mass is 260 g/mol. The van der Waals surface area contributed by atoms with Gasteiger partial charge in [0.25, 0.3) is 0 Å². The lowest BCUT2D eigenvalue weighted by Gasteiger charge is -2.10. The summed E-state index contributed by atoms with van der Waals surface area (Å²) < 4.78 is 10.2. The fourth-order valence-electron chi connectivity index (χ4n) is 1.56. The smallest absolute Gasteiger partial charge is 0.328 e. The lowest BCUT2D eigenvalue weighted by atomic mass is 10.1. The molecule has 1 heterocycles. The third-order valence-corrected chi connectivity index (χ3v) is 2.40. The molecule has 0 aliphatic heterocycles. The van der Waals surface area contributed by atoms with E-state index in [4.69, 9.17) is 9.84 Å². The Morgan fingerprint density at radius 3 is 3.05 bits per heavy atom. The molecule has 19 heavy (non-hydrogen) atoms. The Morgan fingerprint density at radius 2 is 2.37 bits per heavy atom. The van der Waals surface area contributed by atoms with E-state index in [1.54, 1.807) is 6.07 Å². The molecule has 98 valence electrons. The Kier molecular flexibility index (Phi) is 3.92. The lowest BCUT2D eigenvalue weighted by molar-refractivity contribution is -0.131. The van der Waals surface area contributed by atoms with Crippen LogP contribution in [0.25, 0.3) is 6.08 Å². The first-order valence-corrected chi connectivity index (χ1v) is 5.55. The van der Waals surface area contributed by atoms with Gasteiger partial charge in [-0.05, 0) is 18.6 Å². The van der Waals surface area contributed by atoms with Crippen molar-refractivity contribution in [3.8, 4) is 5.75 Å². The number of carbonyl (C=O) groups is 1. The number of hydrogen-bond donors (Lipinski definition) is 1. The second kappa shape index (κ2) is 5.81. The molecule has 0 unspecified atom stereocenters. The van der Waals surface area contributed by atoms with Gasteiger partial charge in [0.15, 0.2) is 6.61 Å². The van der Waals surface area contributed by atoms with Gasteiger partial charge in [-0.15, -0.1) is 0 Å². The van der Waals surface area contributed by atoms with Crippen LogP contribution < -0.4 is 4.74 Å². The summed E-state index contributed by atoms with van der Waals surface area (Å²) in [5.41, 5.74) is 1.59. The zero-order chi connectivity index (χ0) is 13.7. The summed E-state index contributed by atoms with van der Waals surface area (Å²) in [4.78, 5) is 14.4. The van der Waals surface area contributed by atoms with Crippen molar-refractivity contribution in [3.63, 3.8) is 0 Å². The second-order valence-electron chi connectivity index (χ2n) is 3.80. The van der Waals surface area contributed by atoms with E-state index >= 15 is 0 Å². The van der Waals surface area contributed by atoms with Gasteiger partial charge in [0.2, 0.25) is 12.2 Å². The van der Waals surface area contributed by atoms with Crippen LogP contribution >= 0.6 is 0 Å². The van der Waals surface area contributed by atoms with E-state index in [1.807, 2.05) is 19.1 Å². The van der Waals surface area contributed by atoms with Crippen molar-refractivity contribution in [1.29, 1.82) is 0 Å². The Morgan fingerprint density at radius 1 is 1.53 bits per heavy atom. The molecular formula is C13H12N2O4. The Bertz CT molecular complexity index is 591. The average Bonchev–Trinajstić information content (AvgIpc) is 2.88. The predicted molar refractivity (Wildman–Crippen MR) is 66.5 cm³/mol. The summed E-state index contributed by atoms with van der Waals surface area (Å²) in [5, 5.41) is 12.3. The molecule has 0 atom stereocenters. The Hall–Kier alpha value is -2.63. The number of para-hydroxylation sites is 1. The molecule has 0 radical (unpaired) electrons. The minimum absolute atomic E-state index is 0.162. The van der Waals surface area contributed by atoms with Gasteiger partial charge < -0.3 is 14.4 Å². The van der Waals surface area contributed by atoms with E-state index in [0.29, 0.717) is 17.1 Å². The summed E-state index contributed by atoms with van der Waals surface area (Å²) in [7, 11) is 0. The van der Waals surface area contributed by atoms with Crippen LogP contribution in [0, 0.1) is 6.92 Å². The average molecular weight is 260 g/mol. The van der Waals surface area contributed by atoms with Crippen molar-refractivity contribution >= 4 is 12.0 Å². The zero-order valence-electron chi connectivity index (χ0n) is 10.2. The van der Waals surface area contributed by atoms with Crippen molar-refractivity contribution < 1.29 is 19.2 Å². The van der Waals surface area contributed by atoms with Crippen molar-refractivity contribution in [2.75, 3.05) is 0 Å². The lowest BCUT2D eigenvalue weighted by Crippen LogP contribution is -2.00. The number of carboxylic acids is 1. The van der Waals surface area contributed by atoms with Gasteiger partial charge in [-0.25, -0.2) is 4.79 Å². The van der Waals surface area contributed by atoms with E-state index in [-0.39, 0.29) is 6.61 Å². The van der Waals surface area contributed by atoms with E-state index in [0.717, 1.165) is 11.6 Å². The highest BCUT2D eigenvalue weighted by Crippen LogP contribution is 2.25. The maximum atomic E-state index is 10.6. The molecule has 0 aliphatic carbocycles. The summed E-state index contributed by atoms with van der Waals surface area (Å²) in [5.74, 6) is 0.0202. The molecule has 1 aromatic heterocycles. The third kappa shape index (κ3) is 3.41. The number of nitrogens with zero attached hydrogens (tertiary/aromatic N) is 2. The number of aliphatic carboxylic acids is 1. The normalized spacial score (nSPS) is 10.8. The molecule has 0 bridgehead atoms. The molecule has 0 fully saturated rings.